The largest absolute Gasteiger partial charge is 0.483 e. The van der Waals surface area contributed by atoms with Crippen LogP contribution in [0.2, 0.25) is 0 Å². The zero-order valence-electron chi connectivity index (χ0n) is 12.1. The lowest BCUT2D eigenvalue weighted by Crippen LogP contribution is -2.12. The maximum absolute atomic E-state index is 13.9. The molecule has 0 saturated carbocycles. The van der Waals surface area contributed by atoms with Crippen molar-refractivity contribution in [2.24, 2.45) is 0 Å². The van der Waals surface area contributed by atoms with E-state index < -0.39 is 11.6 Å². The van der Waals surface area contributed by atoms with Gasteiger partial charge in [-0.25, -0.2) is 8.78 Å². The average molecular weight is 292 g/mol. The number of nitrogens with zero attached hydrogens (tertiary/aromatic N) is 1. The van der Waals surface area contributed by atoms with Crippen LogP contribution in [0.3, 0.4) is 0 Å². The summed E-state index contributed by atoms with van der Waals surface area (Å²) in [5, 5.41) is 3.02. The predicted octanol–water partition coefficient (Wildman–Crippen LogP) is 3.36. The van der Waals surface area contributed by atoms with Gasteiger partial charge in [-0.15, -0.1) is 0 Å². The number of hydrogen-bond acceptors (Lipinski definition) is 3. The Morgan fingerprint density at radius 1 is 1.10 bits per heavy atom. The highest BCUT2D eigenvalue weighted by atomic mass is 19.1. The summed E-state index contributed by atoms with van der Waals surface area (Å²) >= 11 is 0. The molecule has 1 aromatic carbocycles. The van der Waals surface area contributed by atoms with Crippen LogP contribution in [0, 0.1) is 18.6 Å². The molecule has 0 amide bonds. The summed E-state index contributed by atoms with van der Waals surface area (Å²) in [4.78, 5) is 4.01. The van der Waals surface area contributed by atoms with E-state index in [0.29, 0.717) is 12.1 Å². The molecular weight excluding hydrogens is 274 g/mol. The van der Waals surface area contributed by atoms with Crippen LogP contribution >= 0.6 is 0 Å². The molecule has 0 aliphatic rings. The van der Waals surface area contributed by atoms with Gasteiger partial charge < -0.3 is 10.1 Å². The highest BCUT2D eigenvalue weighted by Gasteiger charge is 2.13. The van der Waals surface area contributed by atoms with Crippen molar-refractivity contribution in [2.45, 2.75) is 27.0 Å². The number of aromatic nitrogens is 1. The third-order valence-corrected chi connectivity index (χ3v) is 2.95. The Labute approximate surface area is 123 Å². The van der Waals surface area contributed by atoms with Crippen LogP contribution < -0.4 is 10.1 Å². The molecule has 1 aromatic heterocycles. The first kappa shape index (κ1) is 15.4. The van der Waals surface area contributed by atoms with E-state index in [1.54, 1.807) is 12.4 Å². The van der Waals surface area contributed by atoms with Gasteiger partial charge in [0.1, 0.15) is 6.61 Å². The number of ether oxygens (including phenoxy) is 1. The first-order chi connectivity index (χ1) is 10.1. The molecule has 3 nitrogen and oxygen atoms in total. The van der Waals surface area contributed by atoms with Crippen molar-refractivity contribution in [1.29, 1.82) is 0 Å². The second-order valence-corrected chi connectivity index (χ2v) is 4.83. The topological polar surface area (TPSA) is 34.1 Å². The van der Waals surface area contributed by atoms with E-state index in [9.17, 15) is 8.78 Å². The molecule has 5 heteroatoms. The van der Waals surface area contributed by atoms with Gasteiger partial charge in [0.05, 0.1) is 0 Å². The van der Waals surface area contributed by atoms with Crippen LogP contribution in [0.15, 0.2) is 30.6 Å². The highest BCUT2D eigenvalue weighted by Crippen LogP contribution is 2.24. The molecule has 0 saturated heterocycles. The first-order valence-corrected chi connectivity index (χ1v) is 6.82. The third kappa shape index (κ3) is 4.23. The van der Waals surface area contributed by atoms with Gasteiger partial charge in [0.15, 0.2) is 17.4 Å². The minimum atomic E-state index is -0.691. The predicted molar refractivity (Wildman–Crippen MR) is 77.0 cm³/mol. The van der Waals surface area contributed by atoms with Crippen LogP contribution in [0.4, 0.5) is 8.78 Å². The molecule has 0 spiro atoms. The van der Waals surface area contributed by atoms with Crippen molar-refractivity contribution >= 4 is 0 Å². The SMILES string of the molecule is CCNCc1cc(F)c(OCc2cncc(C)c2)c(F)c1. The second kappa shape index (κ2) is 7.13. The van der Waals surface area contributed by atoms with E-state index >= 15 is 0 Å². The van der Waals surface area contributed by atoms with Crippen molar-refractivity contribution in [3.05, 3.63) is 58.9 Å². The Kier molecular flexibility index (Phi) is 5.22. The van der Waals surface area contributed by atoms with Crippen LogP contribution in [-0.4, -0.2) is 11.5 Å². The summed E-state index contributed by atoms with van der Waals surface area (Å²) < 4.78 is 33.1. The van der Waals surface area contributed by atoms with Gasteiger partial charge >= 0.3 is 0 Å². The monoisotopic (exact) mass is 292 g/mol. The van der Waals surface area contributed by atoms with E-state index in [0.717, 1.165) is 17.7 Å². The molecule has 112 valence electrons. The Balaban J connectivity index is 2.09. The van der Waals surface area contributed by atoms with Crippen molar-refractivity contribution in [3.63, 3.8) is 0 Å². The lowest BCUT2D eigenvalue weighted by atomic mass is 10.2. The van der Waals surface area contributed by atoms with Gasteiger partial charge in [0.2, 0.25) is 0 Å². The Hall–Kier alpha value is -2.01. The van der Waals surface area contributed by atoms with Crippen molar-refractivity contribution < 1.29 is 13.5 Å². The Morgan fingerprint density at radius 2 is 1.81 bits per heavy atom. The molecule has 0 aliphatic heterocycles. The number of aryl methyl sites for hydroxylation is 1. The summed E-state index contributed by atoms with van der Waals surface area (Å²) in [6.07, 6.45) is 3.32. The highest BCUT2D eigenvalue weighted by molar-refractivity contribution is 5.31. The molecule has 21 heavy (non-hydrogen) atoms. The van der Waals surface area contributed by atoms with Crippen LogP contribution in [-0.2, 0) is 13.2 Å². The molecule has 0 unspecified atom stereocenters. The molecule has 2 rings (SSSR count). The lowest BCUT2D eigenvalue weighted by molar-refractivity contribution is 0.273. The van der Waals surface area contributed by atoms with Gasteiger partial charge in [-0.1, -0.05) is 6.92 Å². The maximum Gasteiger partial charge on any atom is 0.191 e. The summed E-state index contributed by atoms with van der Waals surface area (Å²) in [6, 6.07) is 4.44. The molecule has 0 bridgehead atoms. The number of halogens is 2. The number of pyridine rings is 1. The second-order valence-electron chi connectivity index (χ2n) is 4.83. The van der Waals surface area contributed by atoms with E-state index in [1.165, 1.54) is 12.1 Å². The minimum Gasteiger partial charge on any atom is -0.483 e. The van der Waals surface area contributed by atoms with E-state index in [2.05, 4.69) is 10.3 Å². The molecule has 1 N–H and O–H groups in total. The smallest absolute Gasteiger partial charge is 0.191 e. The van der Waals surface area contributed by atoms with Crippen LogP contribution in [0.1, 0.15) is 23.6 Å². The molecule has 0 aliphatic carbocycles. The number of benzene rings is 1. The molecular formula is C16H18F2N2O. The van der Waals surface area contributed by atoms with Crippen molar-refractivity contribution in [1.82, 2.24) is 10.3 Å². The molecule has 0 radical (unpaired) electrons. The Morgan fingerprint density at radius 3 is 2.43 bits per heavy atom. The third-order valence-electron chi connectivity index (χ3n) is 2.95. The fourth-order valence-corrected chi connectivity index (χ4v) is 1.97. The molecule has 1 heterocycles. The fourth-order valence-electron chi connectivity index (χ4n) is 1.97. The van der Waals surface area contributed by atoms with Gasteiger partial charge in [-0.3, -0.25) is 4.98 Å². The van der Waals surface area contributed by atoms with Gasteiger partial charge in [0, 0.05) is 24.5 Å². The van der Waals surface area contributed by atoms with Gasteiger partial charge in [-0.2, -0.15) is 0 Å². The normalized spacial score (nSPS) is 10.7. The fraction of sp³-hybridized carbons (Fsp3) is 0.312. The first-order valence-electron chi connectivity index (χ1n) is 6.82. The number of hydrogen-bond donors (Lipinski definition) is 1. The maximum atomic E-state index is 13.9. The van der Waals surface area contributed by atoms with E-state index in [-0.39, 0.29) is 12.4 Å². The average Bonchev–Trinajstić information content (AvgIpc) is 2.44. The Bertz CT molecular complexity index is 594. The number of nitrogens with one attached hydrogen (secondary N) is 1. The summed E-state index contributed by atoms with van der Waals surface area (Å²) in [5.41, 5.74) is 2.29. The van der Waals surface area contributed by atoms with Crippen molar-refractivity contribution in [3.8, 4) is 5.75 Å². The van der Waals surface area contributed by atoms with E-state index in [4.69, 9.17) is 4.74 Å². The number of rotatable bonds is 6. The van der Waals surface area contributed by atoms with Crippen LogP contribution in [0.25, 0.3) is 0 Å². The quantitative estimate of drug-likeness (QED) is 0.886. The molecule has 0 fully saturated rings. The zero-order chi connectivity index (χ0) is 15.2. The van der Waals surface area contributed by atoms with Crippen molar-refractivity contribution in [2.75, 3.05) is 6.54 Å². The van der Waals surface area contributed by atoms with E-state index in [1.807, 2.05) is 19.9 Å². The molecule has 0 atom stereocenters. The lowest BCUT2D eigenvalue weighted by Gasteiger charge is -2.10. The zero-order valence-corrected chi connectivity index (χ0v) is 12.1. The standard InChI is InChI=1S/C16H18F2N2O/c1-3-19-8-12-5-14(17)16(15(18)6-12)21-10-13-4-11(2)7-20-9-13/h4-7,9,19H,3,8,10H2,1-2H3. The summed E-state index contributed by atoms with van der Waals surface area (Å²) in [6.45, 7) is 5.07. The molecule has 2 aromatic rings. The van der Waals surface area contributed by atoms with Crippen LogP contribution in [0.5, 0.6) is 5.75 Å². The van der Waals surface area contributed by atoms with Gasteiger partial charge in [0.25, 0.3) is 0 Å². The van der Waals surface area contributed by atoms with Gasteiger partial charge in [-0.05, 0) is 42.8 Å². The summed E-state index contributed by atoms with van der Waals surface area (Å²) in [5.74, 6) is -1.73. The summed E-state index contributed by atoms with van der Waals surface area (Å²) in [7, 11) is 0. The minimum absolute atomic E-state index is 0.0784.